The van der Waals surface area contributed by atoms with Gasteiger partial charge in [-0.15, -0.1) is 0 Å². The van der Waals surface area contributed by atoms with Crippen LogP contribution in [0.4, 0.5) is 5.82 Å². The fraction of sp³-hybridized carbons (Fsp3) is 0.312. The standard InChI is InChI=1S/C16H19N3O3S/c1-4-22-15(20)13-10-18-16(23-3)19-14(13)17-9-11-5-7-12(21-2)8-6-11/h5-8,10H,4,9H2,1-3H3,(H,17,18,19). The summed E-state index contributed by atoms with van der Waals surface area (Å²) >= 11 is 1.41. The van der Waals surface area contributed by atoms with Crippen LogP contribution in [0.15, 0.2) is 35.6 Å². The number of esters is 1. The molecular weight excluding hydrogens is 314 g/mol. The van der Waals surface area contributed by atoms with E-state index < -0.39 is 5.97 Å². The van der Waals surface area contributed by atoms with Gasteiger partial charge in [-0.3, -0.25) is 0 Å². The number of benzene rings is 1. The van der Waals surface area contributed by atoms with E-state index in [2.05, 4.69) is 15.3 Å². The van der Waals surface area contributed by atoms with E-state index in [1.165, 1.54) is 18.0 Å². The lowest BCUT2D eigenvalue weighted by Crippen LogP contribution is -2.12. The minimum Gasteiger partial charge on any atom is -0.497 e. The summed E-state index contributed by atoms with van der Waals surface area (Å²) in [6.07, 6.45) is 3.37. The van der Waals surface area contributed by atoms with Gasteiger partial charge in [0.2, 0.25) is 0 Å². The van der Waals surface area contributed by atoms with Crippen molar-refractivity contribution in [1.29, 1.82) is 0 Å². The minimum absolute atomic E-state index is 0.307. The summed E-state index contributed by atoms with van der Waals surface area (Å²) in [5.41, 5.74) is 1.38. The van der Waals surface area contributed by atoms with Crippen LogP contribution in [0.25, 0.3) is 0 Å². The zero-order valence-electron chi connectivity index (χ0n) is 13.3. The van der Waals surface area contributed by atoms with Gasteiger partial charge in [0, 0.05) is 12.7 Å². The molecule has 1 aromatic heterocycles. The smallest absolute Gasteiger partial charge is 0.343 e. The number of anilines is 1. The van der Waals surface area contributed by atoms with Gasteiger partial charge >= 0.3 is 5.97 Å². The predicted molar refractivity (Wildman–Crippen MR) is 90.1 cm³/mol. The Morgan fingerprint density at radius 2 is 2.04 bits per heavy atom. The quantitative estimate of drug-likeness (QED) is 0.474. The Morgan fingerprint density at radius 1 is 1.30 bits per heavy atom. The Hall–Kier alpha value is -2.28. The van der Waals surface area contributed by atoms with E-state index >= 15 is 0 Å². The Balaban J connectivity index is 2.17. The first kappa shape index (κ1) is 17.1. The molecule has 0 saturated carbocycles. The summed E-state index contributed by atoms with van der Waals surface area (Å²) in [5, 5.41) is 3.77. The molecule has 0 saturated heterocycles. The Kier molecular flexibility index (Phi) is 6.22. The lowest BCUT2D eigenvalue weighted by atomic mass is 10.2. The third-order valence-corrected chi connectivity index (χ3v) is 3.63. The first-order chi connectivity index (χ1) is 11.2. The number of carbonyl (C=O) groups excluding carboxylic acids is 1. The van der Waals surface area contributed by atoms with E-state index in [0.29, 0.717) is 29.7 Å². The number of nitrogens with one attached hydrogen (secondary N) is 1. The van der Waals surface area contributed by atoms with Gasteiger partial charge in [-0.2, -0.15) is 0 Å². The summed E-state index contributed by atoms with van der Waals surface area (Å²) in [5.74, 6) is 0.837. The number of carbonyl (C=O) groups is 1. The first-order valence-corrected chi connectivity index (χ1v) is 8.35. The number of ether oxygens (including phenoxy) is 2. The second-order valence-corrected chi connectivity index (χ2v) is 5.31. The average molecular weight is 333 g/mol. The van der Waals surface area contributed by atoms with Crippen LogP contribution in [0.1, 0.15) is 22.8 Å². The fourth-order valence-corrected chi connectivity index (χ4v) is 2.23. The van der Waals surface area contributed by atoms with Crippen molar-refractivity contribution in [3.05, 3.63) is 41.6 Å². The second kappa shape index (κ2) is 8.38. The number of hydrogen-bond donors (Lipinski definition) is 1. The molecule has 1 heterocycles. The molecule has 23 heavy (non-hydrogen) atoms. The maximum absolute atomic E-state index is 12.0. The molecule has 122 valence electrons. The summed E-state index contributed by atoms with van der Waals surface area (Å²) in [6.45, 7) is 2.60. The number of aromatic nitrogens is 2. The Morgan fingerprint density at radius 3 is 2.65 bits per heavy atom. The fourth-order valence-electron chi connectivity index (χ4n) is 1.89. The first-order valence-electron chi connectivity index (χ1n) is 7.12. The highest BCUT2D eigenvalue weighted by Crippen LogP contribution is 2.19. The zero-order valence-corrected chi connectivity index (χ0v) is 14.1. The van der Waals surface area contributed by atoms with Crippen LogP contribution < -0.4 is 10.1 Å². The van der Waals surface area contributed by atoms with Gasteiger partial charge < -0.3 is 14.8 Å². The molecule has 1 aromatic carbocycles. The topological polar surface area (TPSA) is 73.3 Å². The number of methoxy groups -OCH3 is 1. The lowest BCUT2D eigenvalue weighted by molar-refractivity contribution is 0.0526. The van der Waals surface area contributed by atoms with Crippen LogP contribution in [-0.2, 0) is 11.3 Å². The molecule has 0 fully saturated rings. The van der Waals surface area contributed by atoms with Gasteiger partial charge in [0.1, 0.15) is 17.1 Å². The van der Waals surface area contributed by atoms with Crippen LogP contribution in [0, 0.1) is 0 Å². The van der Waals surface area contributed by atoms with E-state index in [-0.39, 0.29) is 0 Å². The highest BCUT2D eigenvalue weighted by Gasteiger charge is 2.15. The number of hydrogen-bond acceptors (Lipinski definition) is 7. The van der Waals surface area contributed by atoms with Crippen molar-refractivity contribution in [2.45, 2.75) is 18.6 Å². The van der Waals surface area contributed by atoms with Crippen LogP contribution in [0.5, 0.6) is 5.75 Å². The molecule has 0 bridgehead atoms. The molecule has 1 N–H and O–H groups in total. The second-order valence-electron chi connectivity index (χ2n) is 4.54. The summed E-state index contributed by atoms with van der Waals surface area (Å²) < 4.78 is 10.2. The highest BCUT2D eigenvalue weighted by atomic mass is 32.2. The van der Waals surface area contributed by atoms with Crippen molar-refractivity contribution in [3.63, 3.8) is 0 Å². The zero-order chi connectivity index (χ0) is 16.7. The number of nitrogens with zero attached hydrogens (tertiary/aromatic N) is 2. The summed E-state index contributed by atoms with van der Waals surface area (Å²) in [4.78, 5) is 20.5. The summed E-state index contributed by atoms with van der Waals surface area (Å²) in [6, 6.07) is 7.67. The van der Waals surface area contributed by atoms with E-state index in [4.69, 9.17) is 9.47 Å². The van der Waals surface area contributed by atoms with Crippen molar-refractivity contribution in [2.75, 3.05) is 25.3 Å². The van der Waals surface area contributed by atoms with Gasteiger partial charge in [-0.05, 0) is 30.9 Å². The van der Waals surface area contributed by atoms with E-state index in [9.17, 15) is 4.79 Å². The summed E-state index contributed by atoms with van der Waals surface area (Å²) in [7, 11) is 1.63. The molecule has 0 unspecified atom stereocenters. The van der Waals surface area contributed by atoms with Crippen molar-refractivity contribution in [3.8, 4) is 5.75 Å². The minimum atomic E-state index is -0.433. The van der Waals surface area contributed by atoms with E-state index in [1.807, 2.05) is 30.5 Å². The predicted octanol–water partition coefficient (Wildman–Crippen LogP) is 3.00. The maximum atomic E-state index is 12.0. The molecule has 2 rings (SSSR count). The molecule has 6 nitrogen and oxygen atoms in total. The highest BCUT2D eigenvalue weighted by molar-refractivity contribution is 7.98. The molecule has 0 amide bonds. The van der Waals surface area contributed by atoms with Crippen molar-refractivity contribution in [1.82, 2.24) is 9.97 Å². The number of thioether (sulfide) groups is 1. The van der Waals surface area contributed by atoms with Crippen LogP contribution in [0.3, 0.4) is 0 Å². The molecule has 0 aliphatic carbocycles. The van der Waals surface area contributed by atoms with Crippen LogP contribution in [0.2, 0.25) is 0 Å². The van der Waals surface area contributed by atoms with Gasteiger partial charge in [0.15, 0.2) is 5.16 Å². The monoisotopic (exact) mass is 333 g/mol. The average Bonchev–Trinajstić information content (AvgIpc) is 2.60. The SMILES string of the molecule is CCOC(=O)c1cnc(SC)nc1NCc1ccc(OC)cc1. The van der Waals surface area contributed by atoms with Crippen molar-refractivity contribution >= 4 is 23.5 Å². The van der Waals surface area contributed by atoms with E-state index in [0.717, 1.165) is 11.3 Å². The molecule has 0 spiro atoms. The van der Waals surface area contributed by atoms with Crippen LogP contribution in [-0.4, -0.2) is 35.9 Å². The molecule has 0 aliphatic rings. The van der Waals surface area contributed by atoms with Gasteiger partial charge in [-0.1, -0.05) is 23.9 Å². The molecule has 0 aliphatic heterocycles. The Bertz CT molecular complexity index is 662. The molecular formula is C16H19N3O3S. The molecule has 0 atom stereocenters. The van der Waals surface area contributed by atoms with Crippen LogP contribution >= 0.6 is 11.8 Å². The lowest BCUT2D eigenvalue weighted by Gasteiger charge is -2.11. The molecule has 7 heteroatoms. The maximum Gasteiger partial charge on any atom is 0.343 e. The third kappa shape index (κ3) is 4.59. The van der Waals surface area contributed by atoms with Gasteiger partial charge in [-0.25, -0.2) is 14.8 Å². The molecule has 2 aromatic rings. The Labute approximate surface area is 139 Å². The van der Waals surface area contributed by atoms with Crippen molar-refractivity contribution in [2.24, 2.45) is 0 Å². The van der Waals surface area contributed by atoms with E-state index in [1.54, 1.807) is 14.0 Å². The normalized spacial score (nSPS) is 10.2. The van der Waals surface area contributed by atoms with Gasteiger partial charge in [0.05, 0.1) is 13.7 Å². The molecule has 0 radical (unpaired) electrons. The number of rotatable bonds is 7. The largest absolute Gasteiger partial charge is 0.497 e. The van der Waals surface area contributed by atoms with Gasteiger partial charge in [0.25, 0.3) is 0 Å². The van der Waals surface area contributed by atoms with Crippen molar-refractivity contribution < 1.29 is 14.3 Å². The third-order valence-electron chi connectivity index (χ3n) is 3.06.